The molecule has 9 heteroatoms. The zero-order valence-corrected chi connectivity index (χ0v) is 26.7. The smallest absolute Gasteiger partial charge is 0.264 e. The minimum absolute atomic E-state index is 0.0760. The van der Waals surface area contributed by atoms with Crippen molar-refractivity contribution in [3.05, 3.63) is 130 Å². The summed E-state index contributed by atoms with van der Waals surface area (Å²) in [5.41, 5.74) is 2.81. The second-order valence-electron chi connectivity index (χ2n) is 10.3. The van der Waals surface area contributed by atoms with Crippen molar-refractivity contribution in [2.75, 3.05) is 17.4 Å². The Morgan fingerprint density at radius 3 is 2.05 bits per heavy atom. The first-order valence-corrected chi connectivity index (χ1v) is 16.4. The number of hydrogen-bond donors (Lipinski definition) is 1. The van der Waals surface area contributed by atoms with Gasteiger partial charge in [-0.1, -0.05) is 102 Å². The van der Waals surface area contributed by atoms with Crippen LogP contribution in [-0.4, -0.2) is 44.3 Å². The highest BCUT2D eigenvalue weighted by Gasteiger charge is 2.34. The summed E-state index contributed by atoms with van der Waals surface area (Å²) in [6.45, 7) is 3.87. The molecule has 43 heavy (non-hydrogen) atoms. The number of amides is 2. The van der Waals surface area contributed by atoms with E-state index in [1.54, 1.807) is 30.3 Å². The van der Waals surface area contributed by atoms with Crippen LogP contribution in [0.1, 0.15) is 30.0 Å². The van der Waals surface area contributed by atoms with Crippen LogP contribution in [0.3, 0.4) is 0 Å². The van der Waals surface area contributed by atoms with E-state index < -0.39 is 28.5 Å². The van der Waals surface area contributed by atoms with Gasteiger partial charge in [-0.05, 0) is 60.4 Å². The summed E-state index contributed by atoms with van der Waals surface area (Å²) in [4.78, 5) is 29.7. The largest absolute Gasteiger partial charge is 0.354 e. The van der Waals surface area contributed by atoms with Gasteiger partial charge in [-0.2, -0.15) is 0 Å². The lowest BCUT2D eigenvalue weighted by molar-refractivity contribution is -0.140. The zero-order chi connectivity index (χ0) is 30.8. The Labute approximate surface area is 262 Å². The van der Waals surface area contributed by atoms with Crippen LogP contribution in [0, 0.1) is 6.92 Å². The van der Waals surface area contributed by atoms with E-state index in [0.717, 1.165) is 26.3 Å². The molecule has 0 aromatic heterocycles. The number of para-hydroxylation sites is 1. The lowest BCUT2D eigenvalue weighted by Crippen LogP contribution is -2.53. The molecule has 0 bridgehead atoms. The molecule has 0 unspecified atom stereocenters. The molecule has 0 aliphatic heterocycles. The van der Waals surface area contributed by atoms with Gasteiger partial charge in [0.2, 0.25) is 11.8 Å². The van der Waals surface area contributed by atoms with Crippen LogP contribution in [0.5, 0.6) is 0 Å². The highest BCUT2D eigenvalue weighted by molar-refractivity contribution is 9.10. The maximum Gasteiger partial charge on any atom is 0.264 e. The van der Waals surface area contributed by atoms with E-state index in [2.05, 4.69) is 21.2 Å². The second kappa shape index (κ2) is 15.0. The second-order valence-corrected chi connectivity index (χ2v) is 13.0. The Balaban J connectivity index is 1.79. The fraction of sp³-hybridized carbons (Fsp3) is 0.235. The van der Waals surface area contributed by atoms with Gasteiger partial charge in [0.25, 0.3) is 10.0 Å². The molecular weight excluding hydrogens is 626 g/mol. The molecule has 4 rings (SSSR count). The first-order valence-electron chi connectivity index (χ1n) is 14.2. The number of rotatable bonds is 13. The average molecular weight is 663 g/mol. The third-order valence-corrected chi connectivity index (χ3v) is 9.38. The minimum atomic E-state index is -4.12. The number of nitrogens with one attached hydrogen (secondary N) is 1. The molecule has 0 heterocycles. The minimum Gasteiger partial charge on any atom is -0.354 e. The molecule has 2 amide bonds. The molecule has 7 nitrogen and oxygen atoms in total. The molecule has 0 aliphatic rings. The molecular formula is C34H36BrN3O4S. The van der Waals surface area contributed by atoms with Crippen molar-refractivity contribution >= 4 is 43.5 Å². The van der Waals surface area contributed by atoms with E-state index in [4.69, 9.17) is 0 Å². The summed E-state index contributed by atoms with van der Waals surface area (Å²) in [7, 11) is -4.12. The number of nitrogens with zero attached hydrogens (tertiary/aromatic N) is 2. The number of hydrogen-bond acceptors (Lipinski definition) is 4. The van der Waals surface area contributed by atoms with Crippen molar-refractivity contribution < 1.29 is 18.0 Å². The third kappa shape index (κ3) is 8.33. The Bertz CT molecular complexity index is 1610. The van der Waals surface area contributed by atoms with Crippen LogP contribution in [0.25, 0.3) is 0 Å². The third-order valence-electron chi connectivity index (χ3n) is 7.08. The lowest BCUT2D eigenvalue weighted by Gasteiger charge is -2.34. The molecule has 0 radical (unpaired) electrons. The summed E-state index contributed by atoms with van der Waals surface area (Å²) in [6, 6.07) is 31.3. The van der Waals surface area contributed by atoms with E-state index in [1.807, 2.05) is 80.6 Å². The first kappa shape index (κ1) is 32.0. The van der Waals surface area contributed by atoms with Crippen molar-refractivity contribution in [1.29, 1.82) is 0 Å². The maximum atomic E-state index is 14.4. The molecule has 0 spiro atoms. The fourth-order valence-electron chi connectivity index (χ4n) is 4.78. The summed E-state index contributed by atoms with van der Waals surface area (Å²) in [5.74, 6) is -0.775. The van der Waals surface area contributed by atoms with Crippen LogP contribution in [0.15, 0.2) is 119 Å². The molecule has 0 saturated carbocycles. The quantitative estimate of drug-likeness (QED) is 0.187. The Kier molecular flexibility index (Phi) is 11.1. The Morgan fingerprint density at radius 2 is 1.42 bits per heavy atom. The molecule has 0 saturated heterocycles. The zero-order valence-electron chi connectivity index (χ0n) is 24.3. The van der Waals surface area contributed by atoms with E-state index >= 15 is 0 Å². The van der Waals surface area contributed by atoms with Crippen LogP contribution in [0.2, 0.25) is 0 Å². The number of carbonyl (C=O) groups excluding carboxylic acids is 2. The molecule has 1 N–H and O–H groups in total. The summed E-state index contributed by atoms with van der Waals surface area (Å²) in [6.07, 6.45) is 1.01. The number of benzene rings is 4. The average Bonchev–Trinajstić information content (AvgIpc) is 3.02. The van der Waals surface area contributed by atoms with Crippen molar-refractivity contribution in [2.45, 2.75) is 44.2 Å². The van der Waals surface area contributed by atoms with Crippen molar-refractivity contribution in [2.24, 2.45) is 0 Å². The van der Waals surface area contributed by atoms with Gasteiger partial charge in [0.15, 0.2) is 0 Å². The number of carbonyl (C=O) groups is 2. The van der Waals surface area contributed by atoms with Gasteiger partial charge < -0.3 is 10.2 Å². The van der Waals surface area contributed by atoms with E-state index in [9.17, 15) is 18.0 Å². The summed E-state index contributed by atoms with van der Waals surface area (Å²) in [5, 5.41) is 2.96. The molecule has 1 atom stereocenters. The Morgan fingerprint density at radius 1 is 0.814 bits per heavy atom. The topological polar surface area (TPSA) is 86.8 Å². The molecule has 4 aromatic rings. The normalized spacial score (nSPS) is 11.9. The molecule has 224 valence electrons. The number of anilines is 1. The predicted octanol–water partition coefficient (Wildman–Crippen LogP) is 6.12. The van der Waals surface area contributed by atoms with E-state index in [0.29, 0.717) is 17.8 Å². The maximum absolute atomic E-state index is 14.4. The van der Waals surface area contributed by atoms with Gasteiger partial charge >= 0.3 is 0 Å². The van der Waals surface area contributed by atoms with Crippen molar-refractivity contribution in [1.82, 2.24) is 10.2 Å². The Hall–Kier alpha value is -3.95. The highest BCUT2D eigenvalue weighted by Crippen LogP contribution is 2.27. The molecule has 0 aliphatic carbocycles. The van der Waals surface area contributed by atoms with Crippen molar-refractivity contribution in [3.63, 3.8) is 0 Å². The van der Waals surface area contributed by atoms with Crippen LogP contribution < -0.4 is 9.62 Å². The molecule has 4 aromatic carbocycles. The fourth-order valence-corrected chi connectivity index (χ4v) is 6.55. The SMILES string of the molecule is CCCNC(=O)[C@@H](Cc1ccccc1)N(Cc1ccc(Br)cc1)C(=O)CN(c1ccccc1C)S(=O)(=O)c1ccccc1. The van der Waals surface area contributed by atoms with Crippen molar-refractivity contribution in [3.8, 4) is 0 Å². The number of halogens is 1. The van der Waals surface area contributed by atoms with Gasteiger partial charge in [-0.25, -0.2) is 8.42 Å². The van der Waals surface area contributed by atoms with Gasteiger partial charge in [0.1, 0.15) is 12.6 Å². The van der Waals surface area contributed by atoms with Crippen LogP contribution in [-0.2, 0) is 32.6 Å². The molecule has 0 fully saturated rings. The van der Waals surface area contributed by atoms with Crippen LogP contribution in [0.4, 0.5) is 5.69 Å². The predicted molar refractivity (Wildman–Crippen MR) is 174 cm³/mol. The number of aryl methyl sites for hydroxylation is 1. The summed E-state index contributed by atoms with van der Waals surface area (Å²) >= 11 is 3.46. The van der Waals surface area contributed by atoms with E-state index in [1.165, 1.54) is 17.0 Å². The van der Waals surface area contributed by atoms with E-state index in [-0.39, 0.29) is 23.8 Å². The van der Waals surface area contributed by atoms with Gasteiger partial charge in [-0.3, -0.25) is 13.9 Å². The first-order chi connectivity index (χ1) is 20.7. The van der Waals surface area contributed by atoms with Gasteiger partial charge in [0, 0.05) is 24.0 Å². The number of sulfonamides is 1. The highest BCUT2D eigenvalue weighted by atomic mass is 79.9. The summed E-state index contributed by atoms with van der Waals surface area (Å²) < 4.78 is 30.1. The van der Waals surface area contributed by atoms with Crippen LogP contribution >= 0.6 is 15.9 Å². The monoisotopic (exact) mass is 661 g/mol. The van der Waals surface area contributed by atoms with Gasteiger partial charge in [-0.15, -0.1) is 0 Å². The van der Waals surface area contributed by atoms with Gasteiger partial charge in [0.05, 0.1) is 10.6 Å². The lowest BCUT2D eigenvalue weighted by atomic mass is 10.0. The standard InChI is InChI=1S/C34H36BrN3O4S/c1-3-22-36-34(40)32(23-27-13-6-4-7-14-27)37(24-28-18-20-29(35)21-19-28)33(39)25-38(31-17-11-10-12-26(31)2)43(41,42)30-15-8-5-9-16-30/h4-21,32H,3,22-25H2,1-2H3,(H,36,40)/t32-/m1/s1.